The highest BCUT2D eigenvalue weighted by Crippen LogP contribution is 2.18. The standard InChI is InChI=1S/C13H20N4O/c1-4-5-12(14-3)11-6-7-17(8-11)9-13-15-10(2)16-18-13/h6-8,12,14H,4-5,9H2,1-3H3. The van der Waals surface area contributed by atoms with Crippen molar-refractivity contribution in [1.82, 2.24) is 20.0 Å². The van der Waals surface area contributed by atoms with E-state index in [1.54, 1.807) is 0 Å². The van der Waals surface area contributed by atoms with Crippen LogP contribution in [0.5, 0.6) is 0 Å². The Hall–Kier alpha value is -1.62. The lowest BCUT2D eigenvalue weighted by Crippen LogP contribution is -2.15. The summed E-state index contributed by atoms with van der Waals surface area (Å²) in [5.41, 5.74) is 1.30. The van der Waals surface area contributed by atoms with E-state index in [1.165, 1.54) is 12.0 Å². The highest BCUT2D eigenvalue weighted by molar-refractivity contribution is 5.15. The molecular weight excluding hydrogens is 228 g/mol. The van der Waals surface area contributed by atoms with Crippen LogP contribution in [0.1, 0.15) is 43.1 Å². The van der Waals surface area contributed by atoms with E-state index in [2.05, 4.69) is 45.4 Å². The van der Waals surface area contributed by atoms with Crippen molar-refractivity contribution in [1.29, 1.82) is 0 Å². The zero-order valence-electron chi connectivity index (χ0n) is 11.2. The van der Waals surface area contributed by atoms with E-state index >= 15 is 0 Å². The number of rotatable bonds is 6. The first-order valence-electron chi connectivity index (χ1n) is 6.35. The lowest BCUT2D eigenvalue weighted by molar-refractivity contribution is 0.367. The predicted molar refractivity (Wildman–Crippen MR) is 69.3 cm³/mol. The third-order valence-corrected chi connectivity index (χ3v) is 2.99. The van der Waals surface area contributed by atoms with Gasteiger partial charge >= 0.3 is 0 Å². The van der Waals surface area contributed by atoms with Crippen LogP contribution in [0.3, 0.4) is 0 Å². The molecular formula is C13H20N4O. The summed E-state index contributed by atoms with van der Waals surface area (Å²) >= 11 is 0. The summed E-state index contributed by atoms with van der Waals surface area (Å²) in [5.74, 6) is 1.32. The molecule has 0 aliphatic heterocycles. The van der Waals surface area contributed by atoms with Crippen molar-refractivity contribution in [3.8, 4) is 0 Å². The fraction of sp³-hybridized carbons (Fsp3) is 0.538. The van der Waals surface area contributed by atoms with Gasteiger partial charge in [-0.15, -0.1) is 0 Å². The monoisotopic (exact) mass is 248 g/mol. The van der Waals surface area contributed by atoms with Gasteiger partial charge in [-0.2, -0.15) is 4.98 Å². The maximum absolute atomic E-state index is 5.11. The molecule has 98 valence electrons. The average molecular weight is 248 g/mol. The van der Waals surface area contributed by atoms with Crippen LogP contribution in [0.2, 0.25) is 0 Å². The van der Waals surface area contributed by atoms with Crippen molar-refractivity contribution in [2.75, 3.05) is 7.05 Å². The molecule has 5 nitrogen and oxygen atoms in total. The van der Waals surface area contributed by atoms with Gasteiger partial charge in [-0.25, -0.2) is 0 Å². The molecule has 0 saturated heterocycles. The minimum absolute atomic E-state index is 0.417. The topological polar surface area (TPSA) is 55.9 Å². The largest absolute Gasteiger partial charge is 0.345 e. The Morgan fingerprint density at radius 3 is 2.94 bits per heavy atom. The molecule has 18 heavy (non-hydrogen) atoms. The number of hydrogen-bond acceptors (Lipinski definition) is 4. The first kappa shape index (κ1) is 12.8. The van der Waals surface area contributed by atoms with Crippen LogP contribution in [0, 0.1) is 6.92 Å². The fourth-order valence-electron chi connectivity index (χ4n) is 2.09. The van der Waals surface area contributed by atoms with Crippen LogP contribution in [0.25, 0.3) is 0 Å². The van der Waals surface area contributed by atoms with Gasteiger partial charge in [-0.05, 0) is 32.0 Å². The zero-order valence-corrected chi connectivity index (χ0v) is 11.2. The molecule has 0 bridgehead atoms. The highest BCUT2D eigenvalue weighted by Gasteiger charge is 2.10. The maximum atomic E-state index is 5.11. The normalized spacial score (nSPS) is 12.8. The smallest absolute Gasteiger partial charge is 0.246 e. The van der Waals surface area contributed by atoms with Crippen LogP contribution < -0.4 is 5.32 Å². The van der Waals surface area contributed by atoms with E-state index in [1.807, 2.05) is 14.0 Å². The van der Waals surface area contributed by atoms with Crippen molar-refractivity contribution in [3.05, 3.63) is 35.7 Å². The lowest BCUT2D eigenvalue weighted by atomic mass is 10.1. The van der Waals surface area contributed by atoms with E-state index < -0.39 is 0 Å². The van der Waals surface area contributed by atoms with E-state index in [0.717, 1.165) is 6.42 Å². The number of nitrogens with one attached hydrogen (secondary N) is 1. The molecule has 2 aromatic rings. The van der Waals surface area contributed by atoms with E-state index in [4.69, 9.17) is 4.52 Å². The third-order valence-electron chi connectivity index (χ3n) is 2.99. The molecule has 1 unspecified atom stereocenters. The van der Waals surface area contributed by atoms with E-state index in [-0.39, 0.29) is 0 Å². The SMILES string of the molecule is CCCC(NC)c1ccn(Cc2nc(C)no2)c1. The second-order valence-corrected chi connectivity index (χ2v) is 4.48. The van der Waals surface area contributed by atoms with Gasteiger partial charge in [0.15, 0.2) is 5.82 Å². The fourth-order valence-corrected chi connectivity index (χ4v) is 2.09. The highest BCUT2D eigenvalue weighted by atomic mass is 16.5. The first-order valence-corrected chi connectivity index (χ1v) is 6.35. The molecule has 2 heterocycles. The summed E-state index contributed by atoms with van der Waals surface area (Å²) in [6.45, 7) is 4.65. The summed E-state index contributed by atoms with van der Waals surface area (Å²) in [5, 5.41) is 7.12. The Morgan fingerprint density at radius 1 is 1.50 bits per heavy atom. The Labute approximate surface area is 107 Å². The van der Waals surface area contributed by atoms with Crippen LogP contribution in [0.4, 0.5) is 0 Å². The van der Waals surface area contributed by atoms with Gasteiger partial charge in [0, 0.05) is 18.4 Å². The van der Waals surface area contributed by atoms with E-state index in [0.29, 0.717) is 24.3 Å². The molecule has 5 heteroatoms. The summed E-state index contributed by atoms with van der Waals surface area (Å²) in [7, 11) is 2.00. The van der Waals surface area contributed by atoms with Gasteiger partial charge in [0.1, 0.15) is 6.54 Å². The summed E-state index contributed by atoms with van der Waals surface area (Å²) in [6.07, 6.45) is 6.49. The zero-order chi connectivity index (χ0) is 13.0. The Kier molecular flexibility index (Phi) is 4.15. The molecule has 0 aliphatic carbocycles. The quantitative estimate of drug-likeness (QED) is 0.852. The Balaban J connectivity index is 2.05. The molecule has 0 aliphatic rings. The molecule has 1 N–H and O–H groups in total. The molecule has 0 radical (unpaired) electrons. The number of aromatic nitrogens is 3. The van der Waals surface area contributed by atoms with Crippen LogP contribution in [-0.4, -0.2) is 21.8 Å². The third kappa shape index (κ3) is 2.98. The lowest BCUT2D eigenvalue weighted by Gasteiger charge is -2.13. The van der Waals surface area contributed by atoms with Gasteiger partial charge in [-0.1, -0.05) is 18.5 Å². The molecule has 0 saturated carbocycles. The van der Waals surface area contributed by atoms with E-state index in [9.17, 15) is 0 Å². The van der Waals surface area contributed by atoms with Crippen molar-refractivity contribution in [2.45, 2.75) is 39.3 Å². The number of aryl methyl sites for hydroxylation is 1. The van der Waals surface area contributed by atoms with Gasteiger partial charge in [0.05, 0.1) is 0 Å². The molecule has 1 atom stereocenters. The Morgan fingerprint density at radius 2 is 2.33 bits per heavy atom. The van der Waals surface area contributed by atoms with Crippen molar-refractivity contribution >= 4 is 0 Å². The number of nitrogens with zero attached hydrogens (tertiary/aromatic N) is 3. The molecule has 0 amide bonds. The van der Waals surface area contributed by atoms with Gasteiger partial charge in [-0.3, -0.25) is 0 Å². The minimum atomic E-state index is 0.417. The maximum Gasteiger partial charge on any atom is 0.246 e. The molecule has 0 aromatic carbocycles. The number of hydrogen-bond donors (Lipinski definition) is 1. The summed E-state index contributed by atoms with van der Waals surface area (Å²) in [6, 6.07) is 2.56. The molecule has 0 spiro atoms. The van der Waals surface area contributed by atoms with Gasteiger partial charge in [0.25, 0.3) is 0 Å². The molecule has 2 aromatic heterocycles. The van der Waals surface area contributed by atoms with Crippen LogP contribution in [0.15, 0.2) is 23.0 Å². The second kappa shape index (κ2) is 5.82. The van der Waals surface area contributed by atoms with Crippen LogP contribution in [-0.2, 0) is 6.54 Å². The average Bonchev–Trinajstić information content (AvgIpc) is 2.96. The van der Waals surface area contributed by atoms with Crippen molar-refractivity contribution in [3.63, 3.8) is 0 Å². The first-order chi connectivity index (χ1) is 8.72. The second-order valence-electron chi connectivity index (χ2n) is 4.48. The van der Waals surface area contributed by atoms with Gasteiger partial charge < -0.3 is 14.4 Å². The minimum Gasteiger partial charge on any atom is -0.345 e. The van der Waals surface area contributed by atoms with Crippen molar-refractivity contribution in [2.24, 2.45) is 0 Å². The van der Waals surface area contributed by atoms with Gasteiger partial charge in [0.2, 0.25) is 5.89 Å². The predicted octanol–water partition coefficient (Wildman–Crippen LogP) is 2.29. The van der Waals surface area contributed by atoms with Crippen LogP contribution >= 0.6 is 0 Å². The summed E-state index contributed by atoms with van der Waals surface area (Å²) < 4.78 is 7.19. The van der Waals surface area contributed by atoms with Crippen molar-refractivity contribution < 1.29 is 4.52 Å². The summed E-state index contributed by atoms with van der Waals surface area (Å²) in [4.78, 5) is 4.20. The molecule has 0 fully saturated rings. The Bertz CT molecular complexity index is 489. The molecule has 2 rings (SSSR count).